The van der Waals surface area contributed by atoms with Crippen molar-refractivity contribution in [2.75, 3.05) is 24.6 Å². The average Bonchev–Trinajstić information content (AvgIpc) is 2.76. The molecule has 1 aliphatic heterocycles. The number of ether oxygens (including phenoxy) is 1. The second-order valence-electron chi connectivity index (χ2n) is 6.59. The number of aromatic nitrogens is 3. The van der Waals surface area contributed by atoms with Crippen molar-refractivity contribution >= 4 is 17.4 Å². The molecule has 1 aliphatic rings. The van der Waals surface area contributed by atoms with Crippen LogP contribution in [0.5, 0.6) is 0 Å². The molecule has 3 aromatic rings. The number of pyridine rings is 1. The van der Waals surface area contributed by atoms with Crippen molar-refractivity contribution in [3.8, 4) is 11.5 Å². The highest BCUT2D eigenvalue weighted by atomic mass is 35.5. The molecule has 0 aliphatic carbocycles. The van der Waals surface area contributed by atoms with Crippen LogP contribution in [0.25, 0.3) is 11.5 Å². The first-order valence-electron chi connectivity index (χ1n) is 9.25. The van der Waals surface area contributed by atoms with E-state index in [9.17, 15) is 4.39 Å². The van der Waals surface area contributed by atoms with Crippen molar-refractivity contribution in [3.05, 3.63) is 70.8 Å². The quantitative estimate of drug-likeness (QED) is 0.649. The average molecular weight is 399 g/mol. The Morgan fingerprint density at radius 1 is 1.21 bits per heavy atom. The largest absolute Gasteiger partial charge is 0.370 e. The molecule has 3 heterocycles. The molecule has 28 heavy (non-hydrogen) atoms. The third-order valence-electron chi connectivity index (χ3n) is 4.73. The Labute approximate surface area is 168 Å². The van der Waals surface area contributed by atoms with Crippen LogP contribution in [-0.2, 0) is 11.2 Å². The molecule has 1 unspecified atom stereocenters. The molecule has 1 aromatic carbocycles. The van der Waals surface area contributed by atoms with Crippen molar-refractivity contribution in [1.29, 1.82) is 0 Å². The predicted molar refractivity (Wildman–Crippen MR) is 107 cm³/mol. The van der Waals surface area contributed by atoms with E-state index in [1.165, 1.54) is 6.07 Å². The summed E-state index contributed by atoms with van der Waals surface area (Å²) in [5.74, 6) is 1.03. The Bertz CT molecular complexity index is 970. The van der Waals surface area contributed by atoms with Gasteiger partial charge in [0.15, 0.2) is 5.82 Å². The number of halogens is 2. The lowest BCUT2D eigenvalue weighted by Gasteiger charge is -2.34. The van der Waals surface area contributed by atoms with Crippen LogP contribution in [0.4, 0.5) is 10.2 Å². The normalized spacial score (nSPS) is 17.0. The molecule has 0 saturated carbocycles. The minimum Gasteiger partial charge on any atom is -0.370 e. The molecule has 1 atom stereocenters. The van der Waals surface area contributed by atoms with E-state index in [0.717, 1.165) is 29.2 Å². The molecule has 1 fully saturated rings. The smallest absolute Gasteiger partial charge is 0.180 e. The second-order valence-corrected chi connectivity index (χ2v) is 7.00. The Morgan fingerprint density at radius 2 is 2.11 bits per heavy atom. The number of aryl methyl sites for hydroxylation is 1. The van der Waals surface area contributed by atoms with Gasteiger partial charge >= 0.3 is 0 Å². The van der Waals surface area contributed by atoms with E-state index >= 15 is 0 Å². The summed E-state index contributed by atoms with van der Waals surface area (Å²) >= 11 is 5.94. The van der Waals surface area contributed by atoms with Gasteiger partial charge < -0.3 is 9.64 Å². The van der Waals surface area contributed by atoms with E-state index in [1.807, 2.05) is 24.3 Å². The number of hydrogen-bond acceptors (Lipinski definition) is 5. The zero-order valence-corrected chi connectivity index (χ0v) is 16.2. The summed E-state index contributed by atoms with van der Waals surface area (Å²) in [4.78, 5) is 15.9. The van der Waals surface area contributed by atoms with E-state index in [2.05, 4.69) is 21.8 Å². The number of morpholine rings is 1. The van der Waals surface area contributed by atoms with Crippen LogP contribution < -0.4 is 4.90 Å². The van der Waals surface area contributed by atoms with E-state index in [0.29, 0.717) is 25.5 Å². The molecule has 4 rings (SSSR count). The summed E-state index contributed by atoms with van der Waals surface area (Å²) in [5, 5.41) is 0.103. The fourth-order valence-electron chi connectivity index (χ4n) is 3.21. The van der Waals surface area contributed by atoms with Gasteiger partial charge in [0.25, 0.3) is 0 Å². The number of hydrogen-bond donors (Lipinski definition) is 0. The van der Waals surface area contributed by atoms with E-state index in [4.69, 9.17) is 21.3 Å². The zero-order valence-electron chi connectivity index (χ0n) is 15.5. The van der Waals surface area contributed by atoms with Crippen molar-refractivity contribution < 1.29 is 9.13 Å². The fourth-order valence-corrected chi connectivity index (χ4v) is 3.40. The molecule has 5 nitrogen and oxygen atoms in total. The molecule has 0 spiro atoms. The number of rotatable bonds is 4. The molecule has 7 heteroatoms. The Morgan fingerprint density at radius 3 is 2.86 bits per heavy atom. The van der Waals surface area contributed by atoms with Crippen LogP contribution in [0.15, 0.2) is 48.7 Å². The van der Waals surface area contributed by atoms with Gasteiger partial charge in [0.2, 0.25) is 0 Å². The number of anilines is 1. The fraction of sp³-hybridized carbons (Fsp3) is 0.286. The van der Waals surface area contributed by atoms with Gasteiger partial charge in [0.05, 0.1) is 11.6 Å². The molecule has 2 aromatic heterocycles. The third-order valence-corrected chi connectivity index (χ3v) is 5.02. The maximum atomic E-state index is 13.5. The Kier molecular flexibility index (Phi) is 5.50. The third kappa shape index (κ3) is 3.98. The second kappa shape index (κ2) is 8.20. The predicted octanol–water partition coefficient (Wildman–Crippen LogP) is 4.47. The highest BCUT2D eigenvalue weighted by molar-refractivity contribution is 6.30. The minimum atomic E-state index is -0.429. The molecular weight excluding hydrogens is 379 g/mol. The molecule has 1 saturated heterocycles. The van der Waals surface area contributed by atoms with Crippen LogP contribution in [0, 0.1) is 5.82 Å². The first-order valence-corrected chi connectivity index (χ1v) is 9.62. The van der Waals surface area contributed by atoms with Gasteiger partial charge in [0, 0.05) is 31.0 Å². The first kappa shape index (κ1) is 18.8. The number of nitrogens with zero attached hydrogens (tertiary/aromatic N) is 4. The van der Waals surface area contributed by atoms with Crippen molar-refractivity contribution in [2.24, 2.45) is 0 Å². The van der Waals surface area contributed by atoms with Gasteiger partial charge in [-0.3, -0.25) is 4.98 Å². The van der Waals surface area contributed by atoms with E-state index in [1.54, 1.807) is 18.3 Å². The maximum absolute atomic E-state index is 13.5. The van der Waals surface area contributed by atoms with Crippen molar-refractivity contribution in [1.82, 2.24) is 15.0 Å². The minimum absolute atomic E-state index is 0.103. The van der Waals surface area contributed by atoms with Gasteiger partial charge in [0.1, 0.15) is 23.4 Å². The van der Waals surface area contributed by atoms with Crippen molar-refractivity contribution in [2.45, 2.75) is 19.4 Å². The van der Waals surface area contributed by atoms with E-state index < -0.39 is 5.82 Å². The zero-order chi connectivity index (χ0) is 19.5. The van der Waals surface area contributed by atoms with Gasteiger partial charge in [-0.05, 0) is 36.2 Å². The van der Waals surface area contributed by atoms with Crippen LogP contribution in [-0.4, -0.2) is 34.6 Å². The lowest BCUT2D eigenvalue weighted by Crippen LogP contribution is -2.39. The first-order chi connectivity index (χ1) is 13.6. The van der Waals surface area contributed by atoms with Gasteiger partial charge in [-0.2, -0.15) is 0 Å². The van der Waals surface area contributed by atoms with Crippen LogP contribution in [0.2, 0.25) is 5.02 Å². The Hall–Kier alpha value is -2.57. The highest BCUT2D eigenvalue weighted by Crippen LogP contribution is 2.29. The van der Waals surface area contributed by atoms with Gasteiger partial charge in [-0.15, -0.1) is 0 Å². The Balaban J connectivity index is 1.63. The van der Waals surface area contributed by atoms with Crippen LogP contribution >= 0.6 is 11.6 Å². The SMILES string of the molecule is CCc1cc(N2CCOC(c3ccc(F)c(Cl)c3)C2)nc(-c2ccccn2)n1. The van der Waals surface area contributed by atoms with Crippen LogP contribution in [0.3, 0.4) is 0 Å². The standard InChI is InChI=1S/C21H20ClFN4O/c1-2-15-12-20(26-21(25-15)18-5-3-4-8-24-18)27-9-10-28-19(13-27)14-6-7-17(23)16(22)11-14/h3-8,11-12,19H,2,9-10,13H2,1H3. The lowest BCUT2D eigenvalue weighted by molar-refractivity contribution is 0.0395. The van der Waals surface area contributed by atoms with Gasteiger partial charge in [-0.25, -0.2) is 14.4 Å². The van der Waals surface area contributed by atoms with E-state index in [-0.39, 0.29) is 11.1 Å². The molecule has 0 radical (unpaired) electrons. The molecule has 144 valence electrons. The molecule has 0 amide bonds. The van der Waals surface area contributed by atoms with Gasteiger partial charge in [-0.1, -0.05) is 30.7 Å². The summed E-state index contributed by atoms with van der Waals surface area (Å²) in [5.41, 5.74) is 2.55. The summed E-state index contributed by atoms with van der Waals surface area (Å²) in [6, 6.07) is 12.4. The summed E-state index contributed by atoms with van der Waals surface area (Å²) < 4.78 is 19.4. The molecule has 0 bridgehead atoms. The highest BCUT2D eigenvalue weighted by Gasteiger charge is 2.24. The number of benzene rings is 1. The molecular formula is C21H20ClFN4O. The summed E-state index contributed by atoms with van der Waals surface area (Å²) in [6.45, 7) is 3.93. The maximum Gasteiger partial charge on any atom is 0.180 e. The van der Waals surface area contributed by atoms with Crippen LogP contribution in [0.1, 0.15) is 24.3 Å². The monoisotopic (exact) mass is 398 g/mol. The summed E-state index contributed by atoms with van der Waals surface area (Å²) in [6.07, 6.45) is 2.33. The lowest BCUT2D eigenvalue weighted by atomic mass is 10.1. The van der Waals surface area contributed by atoms with Crippen molar-refractivity contribution in [3.63, 3.8) is 0 Å². The molecule has 0 N–H and O–H groups in total. The summed E-state index contributed by atoms with van der Waals surface area (Å²) in [7, 11) is 0. The topological polar surface area (TPSA) is 51.1 Å².